The summed E-state index contributed by atoms with van der Waals surface area (Å²) in [6.07, 6.45) is -4.73. The van der Waals surface area contributed by atoms with Gasteiger partial charge in [-0.05, 0) is 12.1 Å². The Morgan fingerprint density at radius 1 is 1.35 bits per heavy atom. The summed E-state index contributed by atoms with van der Waals surface area (Å²) in [7, 11) is -2.81. The highest BCUT2D eigenvalue weighted by molar-refractivity contribution is 9.09. The highest BCUT2D eigenvalue weighted by atomic mass is 79.9. The van der Waals surface area contributed by atoms with Crippen LogP contribution in [0, 0.1) is 0 Å². The molecule has 0 spiro atoms. The van der Waals surface area contributed by atoms with E-state index in [9.17, 15) is 21.6 Å². The molecule has 0 aliphatic heterocycles. The van der Waals surface area contributed by atoms with Crippen molar-refractivity contribution in [1.82, 2.24) is 4.72 Å². The van der Waals surface area contributed by atoms with Crippen molar-refractivity contribution in [2.75, 3.05) is 20.3 Å². The van der Waals surface area contributed by atoms with Crippen LogP contribution >= 0.6 is 15.9 Å². The number of nitrogens with one attached hydrogen (secondary N) is 1. The quantitative estimate of drug-likeness (QED) is 0.776. The Morgan fingerprint density at radius 3 is 2.50 bits per heavy atom. The lowest BCUT2D eigenvalue weighted by atomic mass is 10.2. The van der Waals surface area contributed by atoms with Gasteiger partial charge in [-0.25, -0.2) is 13.1 Å². The van der Waals surface area contributed by atoms with Crippen LogP contribution in [-0.4, -0.2) is 33.5 Å². The molecule has 1 aromatic rings. The molecule has 0 amide bonds. The summed E-state index contributed by atoms with van der Waals surface area (Å²) in [6.45, 7) is 0.145. The molecular formula is C11H13BrF3NO3S. The summed E-state index contributed by atoms with van der Waals surface area (Å²) in [5.74, 6) is 0. The van der Waals surface area contributed by atoms with Gasteiger partial charge >= 0.3 is 6.18 Å². The zero-order chi connectivity index (χ0) is 15.4. The van der Waals surface area contributed by atoms with E-state index in [0.29, 0.717) is 0 Å². The second-order valence-corrected chi connectivity index (χ2v) is 6.93. The zero-order valence-corrected chi connectivity index (χ0v) is 12.8. The van der Waals surface area contributed by atoms with Crippen LogP contribution < -0.4 is 4.72 Å². The number of hydrogen-bond acceptors (Lipinski definition) is 3. The molecule has 1 rings (SSSR count). The fraction of sp³-hybridized carbons (Fsp3) is 0.455. The number of benzene rings is 1. The third-order valence-electron chi connectivity index (χ3n) is 2.32. The third-order valence-corrected chi connectivity index (χ3v) is 4.39. The number of alkyl halides is 4. The monoisotopic (exact) mass is 375 g/mol. The van der Waals surface area contributed by atoms with Gasteiger partial charge in [0.25, 0.3) is 0 Å². The van der Waals surface area contributed by atoms with Gasteiger partial charge in [-0.2, -0.15) is 13.2 Å². The van der Waals surface area contributed by atoms with Crippen LogP contribution in [0.25, 0.3) is 0 Å². The molecule has 1 unspecified atom stereocenters. The van der Waals surface area contributed by atoms with Crippen LogP contribution in [0.4, 0.5) is 13.2 Å². The normalized spacial score (nSPS) is 14.2. The molecule has 0 heterocycles. The van der Waals surface area contributed by atoms with Crippen molar-refractivity contribution in [1.29, 1.82) is 0 Å². The summed E-state index contributed by atoms with van der Waals surface area (Å²) in [5.41, 5.74) is -1.19. The molecule has 9 heteroatoms. The van der Waals surface area contributed by atoms with Gasteiger partial charge < -0.3 is 4.74 Å². The maximum absolute atomic E-state index is 12.8. The average molecular weight is 376 g/mol. The van der Waals surface area contributed by atoms with E-state index in [1.165, 1.54) is 13.2 Å². The van der Waals surface area contributed by atoms with Gasteiger partial charge in [-0.1, -0.05) is 28.1 Å². The first-order valence-corrected chi connectivity index (χ1v) is 7.87. The van der Waals surface area contributed by atoms with Gasteiger partial charge in [0, 0.05) is 13.7 Å². The molecule has 0 fully saturated rings. The van der Waals surface area contributed by atoms with Gasteiger partial charge in [0.1, 0.15) is 0 Å². The van der Waals surface area contributed by atoms with Crippen molar-refractivity contribution in [3.63, 3.8) is 0 Å². The maximum Gasteiger partial charge on any atom is 0.417 e. The summed E-state index contributed by atoms with van der Waals surface area (Å²) in [4.78, 5) is -1.12. The van der Waals surface area contributed by atoms with Gasteiger partial charge in [0.15, 0.2) is 0 Å². The molecule has 0 aliphatic rings. The van der Waals surface area contributed by atoms with Gasteiger partial charge in [0.05, 0.1) is 21.9 Å². The van der Waals surface area contributed by atoms with Crippen molar-refractivity contribution in [3.05, 3.63) is 29.8 Å². The van der Waals surface area contributed by atoms with Gasteiger partial charge in [-0.15, -0.1) is 0 Å². The van der Waals surface area contributed by atoms with E-state index < -0.39 is 26.7 Å². The SMILES string of the molecule is COCC(Br)CNS(=O)(=O)c1ccccc1C(F)(F)F. The largest absolute Gasteiger partial charge is 0.417 e. The summed E-state index contributed by atoms with van der Waals surface area (Å²) >= 11 is 3.15. The predicted octanol–water partition coefficient (Wildman–Crippen LogP) is 2.39. The Labute approximate surface area is 123 Å². The Balaban J connectivity index is 2.99. The summed E-state index contributed by atoms with van der Waals surface area (Å²) in [6, 6.07) is 4.03. The second-order valence-electron chi connectivity index (χ2n) is 3.90. The molecule has 1 aromatic carbocycles. The Hall–Kier alpha value is -0.640. The van der Waals surface area contributed by atoms with E-state index >= 15 is 0 Å². The van der Waals surface area contributed by atoms with Crippen molar-refractivity contribution in [2.45, 2.75) is 15.9 Å². The van der Waals surface area contributed by atoms with E-state index in [1.54, 1.807) is 0 Å². The Morgan fingerprint density at radius 2 is 1.95 bits per heavy atom. The maximum atomic E-state index is 12.8. The van der Waals surface area contributed by atoms with Crippen LogP contribution in [0.5, 0.6) is 0 Å². The molecule has 4 nitrogen and oxygen atoms in total. The number of rotatable bonds is 6. The topological polar surface area (TPSA) is 55.4 Å². The highest BCUT2D eigenvalue weighted by Gasteiger charge is 2.36. The van der Waals surface area contributed by atoms with Gasteiger partial charge in [0.2, 0.25) is 10.0 Å². The number of methoxy groups -OCH3 is 1. The molecule has 0 radical (unpaired) electrons. The van der Waals surface area contributed by atoms with Crippen LogP contribution in [0.3, 0.4) is 0 Å². The number of hydrogen-bond donors (Lipinski definition) is 1. The smallest absolute Gasteiger partial charge is 0.383 e. The van der Waals surface area contributed by atoms with E-state index in [2.05, 4.69) is 20.7 Å². The first kappa shape index (κ1) is 17.4. The van der Waals surface area contributed by atoms with E-state index in [1.807, 2.05) is 0 Å². The lowest BCUT2D eigenvalue weighted by Crippen LogP contribution is -2.32. The molecular weight excluding hydrogens is 363 g/mol. The van der Waals surface area contributed by atoms with Crippen LogP contribution in [0.1, 0.15) is 5.56 Å². The average Bonchev–Trinajstić information content (AvgIpc) is 2.36. The molecule has 0 aliphatic carbocycles. The lowest BCUT2D eigenvalue weighted by Gasteiger charge is -2.15. The van der Waals surface area contributed by atoms with Crippen LogP contribution in [-0.2, 0) is 20.9 Å². The predicted molar refractivity (Wildman–Crippen MR) is 71.2 cm³/mol. The van der Waals surface area contributed by atoms with E-state index in [4.69, 9.17) is 4.74 Å². The highest BCUT2D eigenvalue weighted by Crippen LogP contribution is 2.33. The van der Waals surface area contributed by atoms with Crippen molar-refractivity contribution in [3.8, 4) is 0 Å². The fourth-order valence-electron chi connectivity index (χ4n) is 1.45. The molecule has 0 saturated heterocycles. The minimum atomic E-state index is -4.73. The Kier molecular flexibility index (Phi) is 5.99. The standard InChI is InChI=1S/C11H13BrF3NO3S/c1-19-7-8(12)6-16-20(17,18)10-5-3-2-4-9(10)11(13,14)15/h2-5,8,16H,6-7H2,1H3. The lowest BCUT2D eigenvalue weighted by molar-refractivity contribution is -0.139. The number of halogens is 4. The van der Waals surface area contributed by atoms with Crippen LogP contribution in [0.2, 0.25) is 0 Å². The van der Waals surface area contributed by atoms with Crippen molar-refractivity contribution < 1.29 is 26.3 Å². The van der Waals surface area contributed by atoms with E-state index in [-0.39, 0.29) is 18.0 Å². The molecule has 1 atom stereocenters. The second kappa shape index (κ2) is 6.88. The fourth-order valence-corrected chi connectivity index (χ4v) is 3.40. The summed E-state index contributed by atoms with van der Waals surface area (Å²) in [5, 5.41) is 0. The van der Waals surface area contributed by atoms with Crippen LogP contribution in [0.15, 0.2) is 29.2 Å². The number of sulfonamides is 1. The van der Waals surface area contributed by atoms with E-state index in [0.717, 1.165) is 18.2 Å². The Bertz CT molecular complexity index is 548. The van der Waals surface area contributed by atoms with Gasteiger partial charge in [-0.3, -0.25) is 0 Å². The molecule has 20 heavy (non-hydrogen) atoms. The van der Waals surface area contributed by atoms with Crippen molar-refractivity contribution >= 4 is 26.0 Å². The number of ether oxygens (including phenoxy) is 1. The first-order chi connectivity index (χ1) is 9.18. The first-order valence-electron chi connectivity index (χ1n) is 5.47. The minimum Gasteiger partial charge on any atom is -0.383 e. The molecule has 1 N–H and O–H groups in total. The zero-order valence-electron chi connectivity index (χ0n) is 10.4. The minimum absolute atomic E-state index is 0.0810. The summed E-state index contributed by atoms with van der Waals surface area (Å²) < 4.78 is 69.1. The molecule has 0 aromatic heterocycles. The third kappa shape index (κ3) is 4.72. The molecule has 114 valence electrons. The van der Waals surface area contributed by atoms with Crippen molar-refractivity contribution in [2.24, 2.45) is 0 Å². The molecule has 0 saturated carbocycles. The molecule has 0 bridgehead atoms.